The van der Waals surface area contributed by atoms with Crippen molar-refractivity contribution in [2.45, 2.75) is 6.92 Å². The Morgan fingerprint density at radius 2 is 2.00 bits per heavy atom. The highest BCUT2D eigenvalue weighted by Gasteiger charge is 2.12. The van der Waals surface area contributed by atoms with E-state index in [1.807, 2.05) is 0 Å². The number of pyridine rings is 1. The van der Waals surface area contributed by atoms with Crippen molar-refractivity contribution in [2.24, 2.45) is 0 Å². The van der Waals surface area contributed by atoms with E-state index in [4.69, 9.17) is 10.5 Å². The lowest BCUT2D eigenvalue weighted by Gasteiger charge is -2.11. The Morgan fingerprint density at radius 1 is 1.24 bits per heavy atom. The second-order valence-electron chi connectivity index (χ2n) is 4.44. The zero-order valence-electron chi connectivity index (χ0n) is 11.6. The average molecular weight is 307 g/mol. The van der Waals surface area contributed by atoms with Crippen LogP contribution in [0.15, 0.2) is 42.6 Å². The molecule has 0 aliphatic carbocycles. The van der Waals surface area contributed by atoms with E-state index in [0.717, 1.165) is 0 Å². The van der Waals surface area contributed by atoms with Crippen LogP contribution in [0.3, 0.4) is 0 Å². The number of aryl methyl sites for hydroxylation is 1. The number of ether oxygens (including phenoxy) is 1. The zero-order valence-corrected chi connectivity index (χ0v) is 12.4. The molecule has 21 heavy (non-hydrogen) atoms. The van der Waals surface area contributed by atoms with Crippen molar-refractivity contribution in [1.29, 1.82) is 0 Å². The number of sulfonamides is 1. The summed E-state index contributed by atoms with van der Waals surface area (Å²) >= 11 is 0. The van der Waals surface area contributed by atoms with Gasteiger partial charge in [0.15, 0.2) is 0 Å². The third-order valence-electron chi connectivity index (χ3n) is 2.80. The Balaban J connectivity index is 1.93. The number of aromatic nitrogens is 1. The number of nitrogens with zero attached hydrogens (tertiary/aromatic N) is 1. The molecule has 0 aliphatic rings. The minimum Gasteiger partial charge on any atom is -0.490 e. The largest absolute Gasteiger partial charge is 0.490 e. The summed E-state index contributed by atoms with van der Waals surface area (Å²) in [6.45, 7) is 1.75. The second-order valence-corrected chi connectivity index (χ2v) is 6.29. The Labute approximate surface area is 124 Å². The van der Waals surface area contributed by atoms with Gasteiger partial charge in [0.2, 0.25) is 10.0 Å². The molecule has 0 fully saturated rings. The van der Waals surface area contributed by atoms with Gasteiger partial charge in [-0.2, -0.15) is 0 Å². The molecule has 2 rings (SSSR count). The van der Waals surface area contributed by atoms with Crippen LogP contribution in [0.2, 0.25) is 0 Å². The van der Waals surface area contributed by atoms with E-state index in [1.165, 1.54) is 0 Å². The van der Waals surface area contributed by atoms with Crippen molar-refractivity contribution in [2.75, 3.05) is 22.8 Å². The van der Waals surface area contributed by atoms with Gasteiger partial charge >= 0.3 is 0 Å². The highest BCUT2D eigenvalue weighted by Crippen LogP contribution is 2.19. The molecule has 112 valence electrons. The highest BCUT2D eigenvalue weighted by atomic mass is 32.2. The number of nitrogen functional groups attached to an aromatic ring is 1. The van der Waals surface area contributed by atoms with Crippen molar-refractivity contribution in [1.82, 2.24) is 4.98 Å². The van der Waals surface area contributed by atoms with Crippen LogP contribution in [0, 0.1) is 6.92 Å². The minimum absolute atomic E-state index is 0.0167. The van der Waals surface area contributed by atoms with Crippen LogP contribution in [-0.4, -0.2) is 25.8 Å². The SMILES string of the molecule is Cc1ncccc1NS(=O)(=O)CCOc1ccccc1N. The third kappa shape index (κ3) is 4.35. The molecule has 0 saturated heterocycles. The summed E-state index contributed by atoms with van der Waals surface area (Å²) in [4.78, 5) is 4.03. The number of hydrogen-bond acceptors (Lipinski definition) is 5. The average Bonchev–Trinajstić information content (AvgIpc) is 2.43. The van der Waals surface area contributed by atoms with Gasteiger partial charge in [0.1, 0.15) is 18.1 Å². The fourth-order valence-electron chi connectivity index (χ4n) is 1.68. The molecule has 0 spiro atoms. The maximum atomic E-state index is 12.0. The first-order valence-electron chi connectivity index (χ1n) is 6.37. The van der Waals surface area contributed by atoms with Crippen LogP contribution in [0.5, 0.6) is 5.75 Å². The van der Waals surface area contributed by atoms with Gasteiger partial charge in [-0.1, -0.05) is 12.1 Å². The Kier molecular flexibility index (Phi) is 4.64. The second kappa shape index (κ2) is 6.45. The molecule has 2 aromatic rings. The molecule has 0 aliphatic heterocycles. The number of benzene rings is 1. The summed E-state index contributed by atoms with van der Waals surface area (Å²) in [5.41, 5.74) is 7.28. The number of rotatable bonds is 6. The first-order valence-corrected chi connectivity index (χ1v) is 8.02. The monoisotopic (exact) mass is 307 g/mol. The molecule has 0 amide bonds. The summed E-state index contributed by atoms with van der Waals surface area (Å²) in [5, 5.41) is 0. The van der Waals surface area contributed by atoms with E-state index < -0.39 is 10.0 Å². The first-order chi connectivity index (χ1) is 9.98. The quantitative estimate of drug-likeness (QED) is 0.793. The van der Waals surface area contributed by atoms with E-state index >= 15 is 0 Å². The number of para-hydroxylation sites is 2. The predicted molar refractivity (Wildman–Crippen MR) is 82.7 cm³/mol. The molecule has 1 heterocycles. The van der Waals surface area contributed by atoms with E-state index in [9.17, 15) is 8.42 Å². The molecule has 1 aromatic carbocycles. The van der Waals surface area contributed by atoms with E-state index in [1.54, 1.807) is 49.5 Å². The fourth-order valence-corrected chi connectivity index (χ4v) is 2.64. The third-order valence-corrected chi connectivity index (χ3v) is 4.04. The van der Waals surface area contributed by atoms with Crippen LogP contribution in [-0.2, 0) is 10.0 Å². The van der Waals surface area contributed by atoms with E-state index in [2.05, 4.69) is 9.71 Å². The normalized spacial score (nSPS) is 11.1. The van der Waals surface area contributed by atoms with Gasteiger partial charge in [-0.25, -0.2) is 8.42 Å². The molecule has 0 atom stereocenters. The minimum atomic E-state index is -3.50. The topological polar surface area (TPSA) is 94.3 Å². The number of nitrogens with two attached hydrogens (primary N) is 1. The molecule has 1 aromatic heterocycles. The highest BCUT2D eigenvalue weighted by molar-refractivity contribution is 7.92. The molecule has 3 N–H and O–H groups in total. The summed E-state index contributed by atoms with van der Waals surface area (Å²) in [7, 11) is -3.50. The van der Waals surface area contributed by atoms with Gasteiger partial charge in [-0.05, 0) is 31.2 Å². The standard InChI is InChI=1S/C14H17N3O3S/c1-11-13(6-4-8-16-11)17-21(18,19)10-9-20-14-7-3-2-5-12(14)15/h2-8,17H,9-10,15H2,1H3. The predicted octanol–water partition coefficient (Wildman–Crippen LogP) is 1.79. The Hall–Kier alpha value is -2.28. The molecular weight excluding hydrogens is 290 g/mol. The van der Waals surface area contributed by atoms with Gasteiger partial charge in [0, 0.05) is 6.20 Å². The van der Waals surface area contributed by atoms with Crippen LogP contribution < -0.4 is 15.2 Å². The summed E-state index contributed by atoms with van der Waals surface area (Å²) in [5.74, 6) is 0.306. The maximum absolute atomic E-state index is 12.0. The van der Waals surface area contributed by atoms with Gasteiger partial charge < -0.3 is 10.5 Å². The smallest absolute Gasteiger partial charge is 0.236 e. The van der Waals surface area contributed by atoms with Crippen molar-refractivity contribution < 1.29 is 13.2 Å². The summed E-state index contributed by atoms with van der Waals surface area (Å²) in [6, 6.07) is 10.3. The Morgan fingerprint density at radius 3 is 2.71 bits per heavy atom. The Bertz CT molecular complexity index is 717. The van der Waals surface area contributed by atoms with Crippen molar-refractivity contribution in [3.8, 4) is 5.75 Å². The number of hydrogen-bond donors (Lipinski definition) is 2. The van der Waals surface area contributed by atoms with E-state index in [0.29, 0.717) is 22.8 Å². The van der Waals surface area contributed by atoms with Gasteiger partial charge in [-0.3, -0.25) is 9.71 Å². The van der Waals surface area contributed by atoms with Crippen molar-refractivity contribution in [3.63, 3.8) is 0 Å². The molecule has 0 radical (unpaired) electrons. The molecule has 6 nitrogen and oxygen atoms in total. The number of anilines is 2. The van der Waals surface area contributed by atoms with E-state index in [-0.39, 0.29) is 12.4 Å². The lowest BCUT2D eigenvalue weighted by Crippen LogP contribution is -2.22. The van der Waals surface area contributed by atoms with Crippen LogP contribution >= 0.6 is 0 Å². The molecule has 0 bridgehead atoms. The zero-order chi connectivity index (χ0) is 15.3. The molecular formula is C14H17N3O3S. The molecule has 7 heteroatoms. The molecule has 0 unspecified atom stereocenters. The van der Waals surface area contributed by atoms with Crippen molar-refractivity contribution >= 4 is 21.4 Å². The van der Waals surface area contributed by atoms with Gasteiger partial charge in [0.05, 0.1) is 17.1 Å². The number of nitrogens with one attached hydrogen (secondary N) is 1. The maximum Gasteiger partial charge on any atom is 0.236 e. The summed E-state index contributed by atoms with van der Waals surface area (Å²) in [6.07, 6.45) is 1.61. The van der Waals surface area contributed by atoms with Gasteiger partial charge in [0.25, 0.3) is 0 Å². The molecule has 0 saturated carbocycles. The van der Waals surface area contributed by atoms with Crippen LogP contribution in [0.4, 0.5) is 11.4 Å². The summed E-state index contributed by atoms with van der Waals surface area (Å²) < 4.78 is 31.8. The van der Waals surface area contributed by atoms with Gasteiger partial charge in [-0.15, -0.1) is 0 Å². The fraction of sp³-hybridized carbons (Fsp3) is 0.214. The lowest BCUT2D eigenvalue weighted by atomic mass is 10.3. The first kappa shape index (κ1) is 15.1. The lowest BCUT2D eigenvalue weighted by molar-refractivity contribution is 0.343. The van der Waals surface area contributed by atoms with Crippen molar-refractivity contribution in [3.05, 3.63) is 48.3 Å². The van der Waals surface area contributed by atoms with Crippen LogP contribution in [0.25, 0.3) is 0 Å². The van der Waals surface area contributed by atoms with Crippen LogP contribution in [0.1, 0.15) is 5.69 Å².